The molecule has 1 aromatic carbocycles. The van der Waals surface area contributed by atoms with Gasteiger partial charge in [0.2, 0.25) is 11.7 Å². The number of rotatable bonds is 5. The number of nitrogens with one attached hydrogen (secondary N) is 1. The molecule has 1 amide bonds. The van der Waals surface area contributed by atoms with Crippen LogP contribution in [0.25, 0.3) is 10.6 Å². The van der Waals surface area contributed by atoms with E-state index in [1.165, 1.54) is 11.3 Å². The maximum atomic E-state index is 12.4. The van der Waals surface area contributed by atoms with Crippen LogP contribution in [0.15, 0.2) is 23.6 Å². The van der Waals surface area contributed by atoms with Crippen LogP contribution in [0, 0.1) is 31.1 Å². The Kier molecular flexibility index (Phi) is 5.47. The summed E-state index contributed by atoms with van der Waals surface area (Å²) in [5, 5.41) is 14.1. The highest BCUT2D eigenvalue weighted by atomic mass is 32.1. The van der Waals surface area contributed by atoms with Crippen molar-refractivity contribution in [3.63, 3.8) is 0 Å². The van der Waals surface area contributed by atoms with E-state index in [-0.39, 0.29) is 11.7 Å². The number of aromatic nitrogens is 1. The number of nitrogens with zero attached hydrogens (tertiary/aromatic N) is 2. The molecule has 1 aromatic heterocycles. The highest BCUT2D eigenvalue weighted by Crippen LogP contribution is 2.28. The lowest BCUT2D eigenvalue weighted by atomic mass is 10.0. The monoisotopic (exact) mass is 341 g/mol. The van der Waals surface area contributed by atoms with Crippen LogP contribution >= 0.6 is 11.3 Å². The molecule has 1 atom stereocenters. The zero-order valence-corrected chi connectivity index (χ0v) is 14.9. The number of hydrogen-bond acceptors (Lipinski definition) is 5. The minimum absolute atomic E-state index is 0.137. The molecular weight excluding hydrogens is 322 g/mol. The second kappa shape index (κ2) is 7.37. The molecule has 0 spiro atoms. The van der Waals surface area contributed by atoms with Gasteiger partial charge in [-0.05, 0) is 33.3 Å². The molecule has 24 heavy (non-hydrogen) atoms. The summed E-state index contributed by atoms with van der Waals surface area (Å²) < 4.78 is 0. The van der Waals surface area contributed by atoms with Crippen LogP contribution in [0.2, 0.25) is 0 Å². The average molecular weight is 341 g/mol. The first kappa shape index (κ1) is 17.8. The van der Waals surface area contributed by atoms with Gasteiger partial charge in [-0.15, -0.1) is 11.3 Å². The number of thiazole rings is 1. The van der Waals surface area contributed by atoms with E-state index in [4.69, 9.17) is 0 Å². The van der Waals surface area contributed by atoms with Gasteiger partial charge in [0.05, 0.1) is 6.07 Å². The van der Waals surface area contributed by atoms with Crippen LogP contribution in [0.1, 0.15) is 35.5 Å². The summed E-state index contributed by atoms with van der Waals surface area (Å²) >= 11 is 1.33. The lowest BCUT2D eigenvalue weighted by Gasteiger charge is -2.10. The van der Waals surface area contributed by atoms with E-state index in [2.05, 4.69) is 10.3 Å². The number of Topliss-reactive ketones (excluding diaryl/α,β-unsaturated/α-hetero) is 1. The Morgan fingerprint density at radius 3 is 2.58 bits per heavy atom. The average Bonchev–Trinajstić information content (AvgIpc) is 2.96. The maximum Gasteiger partial charge on any atom is 0.245 e. The Morgan fingerprint density at radius 2 is 2.00 bits per heavy atom. The van der Waals surface area contributed by atoms with Crippen molar-refractivity contribution < 1.29 is 9.59 Å². The van der Waals surface area contributed by atoms with Gasteiger partial charge in [0.15, 0.2) is 5.92 Å². The van der Waals surface area contributed by atoms with E-state index in [1.54, 1.807) is 25.3 Å². The molecule has 0 aliphatic rings. The molecule has 0 bridgehead atoms. The predicted octanol–water partition coefficient (Wildman–Crippen LogP) is 3.27. The van der Waals surface area contributed by atoms with Crippen LogP contribution < -0.4 is 5.32 Å². The number of aryl methyl sites for hydroxylation is 2. The van der Waals surface area contributed by atoms with Crippen LogP contribution in [-0.4, -0.2) is 22.7 Å². The molecule has 124 valence electrons. The van der Waals surface area contributed by atoms with Crippen LogP contribution in [0.5, 0.6) is 0 Å². The van der Waals surface area contributed by atoms with E-state index in [1.807, 2.05) is 32.0 Å². The van der Waals surface area contributed by atoms with Crippen molar-refractivity contribution in [2.24, 2.45) is 5.92 Å². The molecule has 2 aromatic rings. The van der Waals surface area contributed by atoms with Crippen molar-refractivity contribution in [2.75, 3.05) is 0 Å². The SMILES string of the molecule is Cc1ccc(-c2nc(C(=O)C(C#N)C(=O)NC(C)C)cs2)c(C)c1. The minimum atomic E-state index is -1.37. The van der Waals surface area contributed by atoms with Gasteiger partial charge < -0.3 is 5.32 Å². The summed E-state index contributed by atoms with van der Waals surface area (Å²) in [6, 6.07) is 7.64. The third-order valence-corrected chi connectivity index (χ3v) is 4.33. The zero-order chi connectivity index (χ0) is 17.9. The summed E-state index contributed by atoms with van der Waals surface area (Å²) in [5.41, 5.74) is 3.32. The maximum absolute atomic E-state index is 12.4. The molecule has 0 aliphatic heterocycles. The van der Waals surface area contributed by atoms with E-state index in [0.29, 0.717) is 5.01 Å². The van der Waals surface area contributed by atoms with E-state index < -0.39 is 17.6 Å². The molecule has 0 saturated carbocycles. The van der Waals surface area contributed by atoms with Gasteiger partial charge in [-0.2, -0.15) is 5.26 Å². The number of carbonyl (C=O) groups excluding carboxylic acids is 2. The third kappa shape index (κ3) is 3.87. The Bertz CT molecular complexity index is 818. The quantitative estimate of drug-likeness (QED) is 0.668. The molecule has 5 nitrogen and oxygen atoms in total. The van der Waals surface area contributed by atoms with Gasteiger partial charge in [-0.3, -0.25) is 9.59 Å². The molecule has 0 radical (unpaired) electrons. The van der Waals surface area contributed by atoms with Gasteiger partial charge in [-0.25, -0.2) is 4.98 Å². The number of ketones is 1. The first-order valence-electron chi connectivity index (χ1n) is 7.61. The molecule has 1 unspecified atom stereocenters. The first-order valence-corrected chi connectivity index (χ1v) is 8.48. The van der Waals surface area contributed by atoms with Crippen LogP contribution in [0.3, 0.4) is 0 Å². The number of carbonyl (C=O) groups is 2. The van der Waals surface area contributed by atoms with Crippen molar-refractivity contribution in [1.29, 1.82) is 5.26 Å². The fraction of sp³-hybridized carbons (Fsp3) is 0.333. The Balaban J connectivity index is 2.27. The molecule has 1 N–H and O–H groups in total. The predicted molar refractivity (Wildman–Crippen MR) is 93.7 cm³/mol. The molecule has 1 heterocycles. The summed E-state index contributed by atoms with van der Waals surface area (Å²) in [7, 11) is 0. The Labute approximate surface area is 145 Å². The van der Waals surface area contributed by atoms with E-state index in [9.17, 15) is 14.9 Å². The smallest absolute Gasteiger partial charge is 0.245 e. The normalized spacial score (nSPS) is 11.8. The van der Waals surface area contributed by atoms with Gasteiger partial charge >= 0.3 is 0 Å². The Hall–Kier alpha value is -2.52. The number of nitriles is 1. The fourth-order valence-electron chi connectivity index (χ4n) is 2.32. The van der Waals surface area contributed by atoms with Crippen LogP contribution in [0.4, 0.5) is 0 Å². The van der Waals surface area contributed by atoms with Gasteiger partial charge in [-0.1, -0.05) is 23.8 Å². The van der Waals surface area contributed by atoms with Crippen LogP contribution in [-0.2, 0) is 4.79 Å². The lowest BCUT2D eigenvalue weighted by Crippen LogP contribution is -2.38. The number of benzene rings is 1. The first-order chi connectivity index (χ1) is 11.3. The highest BCUT2D eigenvalue weighted by molar-refractivity contribution is 7.13. The highest BCUT2D eigenvalue weighted by Gasteiger charge is 2.29. The molecule has 2 rings (SSSR count). The summed E-state index contributed by atoms with van der Waals surface area (Å²) in [5.74, 6) is -2.53. The fourth-order valence-corrected chi connectivity index (χ4v) is 3.22. The summed E-state index contributed by atoms with van der Waals surface area (Å²) in [4.78, 5) is 28.8. The molecule has 0 saturated heterocycles. The van der Waals surface area contributed by atoms with E-state index in [0.717, 1.165) is 16.7 Å². The van der Waals surface area contributed by atoms with Crippen molar-refractivity contribution in [2.45, 2.75) is 33.7 Å². The van der Waals surface area contributed by atoms with E-state index >= 15 is 0 Å². The standard InChI is InChI=1S/C18H19N3O2S/c1-10(2)20-17(23)14(8-19)16(22)15-9-24-18(21-15)13-6-5-11(3)7-12(13)4/h5-7,9-10,14H,1-4H3,(H,20,23). The molecule has 0 fully saturated rings. The minimum Gasteiger partial charge on any atom is -0.352 e. The topological polar surface area (TPSA) is 82.8 Å². The Morgan fingerprint density at radius 1 is 1.29 bits per heavy atom. The van der Waals surface area contributed by atoms with Crippen molar-refractivity contribution in [1.82, 2.24) is 10.3 Å². The van der Waals surface area contributed by atoms with Gasteiger partial charge in [0, 0.05) is 17.0 Å². The van der Waals surface area contributed by atoms with Crippen molar-refractivity contribution in [3.05, 3.63) is 40.4 Å². The molecule has 6 heteroatoms. The van der Waals surface area contributed by atoms with Crippen molar-refractivity contribution in [3.8, 4) is 16.6 Å². The third-order valence-electron chi connectivity index (χ3n) is 3.45. The zero-order valence-electron chi connectivity index (χ0n) is 14.1. The lowest BCUT2D eigenvalue weighted by molar-refractivity contribution is -0.122. The molecule has 0 aliphatic carbocycles. The second-order valence-electron chi connectivity index (χ2n) is 5.95. The molecular formula is C18H19N3O2S. The second-order valence-corrected chi connectivity index (χ2v) is 6.80. The summed E-state index contributed by atoms with van der Waals surface area (Å²) in [6.45, 7) is 7.55. The number of amides is 1. The number of hydrogen-bond donors (Lipinski definition) is 1. The van der Waals surface area contributed by atoms with Gasteiger partial charge in [0.1, 0.15) is 10.7 Å². The summed E-state index contributed by atoms with van der Waals surface area (Å²) in [6.07, 6.45) is 0. The largest absolute Gasteiger partial charge is 0.352 e. The van der Waals surface area contributed by atoms with Crippen molar-refractivity contribution >= 4 is 23.0 Å². The van der Waals surface area contributed by atoms with Gasteiger partial charge in [0.25, 0.3) is 0 Å².